The number of halogens is 4. The van der Waals surface area contributed by atoms with E-state index in [9.17, 15) is 13.2 Å². The first-order chi connectivity index (χ1) is 5.95. The first-order valence-corrected chi connectivity index (χ1v) is 3.59. The van der Waals surface area contributed by atoms with Crippen molar-refractivity contribution in [1.82, 2.24) is 0 Å². The molecule has 0 bridgehead atoms. The van der Waals surface area contributed by atoms with E-state index in [4.69, 9.17) is 5.84 Å². The fourth-order valence-corrected chi connectivity index (χ4v) is 1.07. The molecule has 0 fully saturated rings. The van der Waals surface area contributed by atoms with Gasteiger partial charge in [0.05, 0.1) is 5.56 Å². The first kappa shape index (κ1) is 13.1. The van der Waals surface area contributed by atoms with Crippen LogP contribution in [-0.2, 0) is 6.18 Å². The van der Waals surface area contributed by atoms with E-state index in [1.54, 1.807) is 0 Å². The summed E-state index contributed by atoms with van der Waals surface area (Å²) in [5, 5.41) is 0. The summed E-state index contributed by atoms with van der Waals surface area (Å²) < 4.78 is 36.7. The third kappa shape index (κ3) is 2.78. The van der Waals surface area contributed by atoms with Crippen LogP contribution in [0.15, 0.2) is 18.2 Å². The number of benzene rings is 1. The van der Waals surface area contributed by atoms with E-state index >= 15 is 0 Å². The van der Waals surface area contributed by atoms with Crippen molar-refractivity contribution in [1.29, 1.82) is 0 Å². The molecule has 0 saturated heterocycles. The Labute approximate surface area is 85.7 Å². The van der Waals surface area contributed by atoms with Gasteiger partial charge in [0.15, 0.2) is 0 Å². The fraction of sp³-hybridized carbons (Fsp3) is 0.250. The van der Waals surface area contributed by atoms with Gasteiger partial charge in [0.25, 0.3) is 0 Å². The molecule has 1 aromatic rings. The molecule has 0 saturated carbocycles. The molecule has 0 radical (unpaired) electrons. The molecule has 6 heteroatoms. The molecular formula is C8H10ClF3N2. The fourth-order valence-electron chi connectivity index (χ4n) is 1.07. The zero-order valence-electron chi connectivity index (χ0n) is 7.35. The molecule has 0 spiro atoms. The van der Waals surface area contributed by atoms with E-state index in [1.807, 2.05) is 0 Å². The lowest BCUT2D eigenvalue weighted by Crippen LogP contribution is -2.10. The normalized spacial score (nSPS) is 10.6. The molecule has 1 rings (SSSR count). The van der Waals surface area contributed by atoms with Crippen LogP contribution in [0, 0.1) is 6.92 Å². The average Bonchev–Trinajstić information content (AvgIpc) is 2.01. The van der Waals surface area contributed by atoms with Crippen molar-refractivity contribution in [3.63, 3.8) is 0 Å². The Morgan fingerprint density at radius 2 is 1.86 bits per heavy atom. The number of anilines is 1. The average molecular weight is 227 g/mol. The molecule has 0 unspecified atom stereocenters. The molecule has 0 aliphatic carbocycles. The highest BCUT2D eigenvalue weighted by Crippen LogP contribution is 2.32. The van der Waals surface area contributed by atoms with Crippen molar-refractivity contribution in [2.45, 2.75) is 13.1 Å². The number of hydrogen-bond acceptors (Lipinski definition) is 2. The lowest BCUT2D eigenvalue weighted by Gasteiger charge is -2.10. The highest BCUT2D eigenvalue weighted by molar-refractivity contribution is 5.85. The molecule has 0 aliphatic heterocycles. The van der Waals surface area contributed by atoms with Gasteiger partial charge < -0.3 is 5.43 Å². The van der Waals surface area contributed by atoms with Crippen LogP contribution in [0.4, 0.5) is 18.9 Å². The molecule has 3 N–H and O–H groups in total. The summed E-state index contributed by atoms with van der Waals surface area (Å²) in [6.45, 7) is 1.39. The minimum atomic E-state index is -4.29. The Hall–Kier alpha value is -0.940. The van der Waals surface area contributed by atoms with Crippen molar-refractivity contribution in [3.8, 4) is 0 Å². The van der Waals surface area contributed by atoms with Gasteiger partial charge in [0, 0.05) is 5.69 Å². The molecule has 0 heterocycles. The summed E-state index contributed by atoms with van der Waals surface area (Å²) in [5.41, 5.74) is 2.27. The molecule has 14 heavy (non-hydrogen) atoms. The molecule has 0 amide bonds. The van der Waals surface area contributed by atoms with Gasteiger partial charge in [-0.05, 0) is 30.7 Å². The molecule has 0 atom stereocenters. The van der Waals surface area contributed by atoms with Gasteiger partial charge in [-0.2, -0.15) is 13.2 Å². The third-order valence-corrected chi connectivity index (χ3v) is 1.70. The van der Waals surface area contributed by atoms with Crippen molar-refractivity contribution in [2.75, 3.05) is 5.43 Å². The summed E-state index contributed by atoms with van der Waals surface area (Å²) in [6.07, 6.45) is -4.29. The van der Waals surface area contributed by atoms with Gasteiger partial charge in [-0.25, -0.2) is 0 Å². The number of alkyl halides is 3. The molecule has 80 valence electrons. The predicted molar refractivity (Wildman–Crippen MR) is 51.2 cm³/mol. The second-order valence-corrected chi connectivity index (χ2v) is 2.67. The Kier molecular flexibility index (Phi) is 4.22. The highest BCUT2D eigenvalue weighted by atomic mass is 35.5. The zero-order valence-corrected chi connectivity index (χ0v) is 8.17. The van der Waals surface area contributed by atoms with Crippen LogP contribution in [0.1, 0.15) is 11.1 Å². The van der Waals surface area contributed by atoms with E-state index in [1.165, 1.54) is 19.1 Å². The molecule has 1 aromatic carbocycles. The van der Waals surface area contributed by atoms with Crippen molar-refractivity contribution >= 4 is 18.1 Å². The number of nitrogen functional groups attached to an aromatic ring is 1. The summed E-state index contributed by atoms with van der Waals surface area (Å²) in [6, 6.07) is 3.64. The number of hydrogen-bond donors (Lipinski definition) is 2. The van der Waals surface area contributed by atoms with Crippen molar-refractivity contribution in [2.24, 2.45) is 5.84 Å². The maximum absolute atomic E-state index is 12.2. The number of rotatable bonds is 1. The minimum absolute atomic E-state index is 0. The zero-order chi connectivity index (χ0) is 10.1. The topological polar surface area (TPSA) is 38.0 Å². The number of hydrazine groups is 1. The Morgan fingerprint density at radius 3 is 2.21 bits per heavy atom. The molecule has 0 aromatic heterocycles. The highest BCUT2D eigenvalue weighted by Gasteiger charge is 2.31. The standard InChI is InChI=1S/C8H9F3N2.ClH/c1-5-4-6(13-12)2-3-7(5)8(9,10)11;/h2-4,13H,12H2,1H3;1H. The number of nitrogens with two attached hydrogens (primary N) is 1. The van der Waals surface area contributed by atoms with Crippen LogP contribution in [0.2, 0.25) is 0 Å². The van der Waals surface area contributed by atoms with Crippen LogP contribution >= 0.6 is 12.4 Å². The first-order valence-electron chi connectivity index (χ1n) is 3.59. The van der Waals surface area contributed by atoms with E-state index in [0.29, 0.717) is 5.69 Å². The minimum Gasteiger partial charge on any atom is -0.324 e. The maximum Gasteiger partial charge on any atom is 0.416 e. The van der Waals surface area contributed by atoms with Gasteiger partial charge in [-0.3, -0.25) is 5.84 Å². The monoisotopic (exact) mass is 226 g/mol. The Morgan fingerprint density at radius 1 is 1.29 bits per heavy atom. The van der Waals surface area contributed by atoms with Crippen molar-refractivity contribution in [3.05, 3.63) is 29.3 Å². The quantitative estimate of drug-likeness (QED) is 0.571. The predicted octanol–water partition coefficient (Wildman–Crippen LogP) is 2.72. The largest absolute Gasteiger partial charge is 0.416 e. The Balaban J connectivity index is 0.00000169. The van der Waals surface area contributed by atoms with E-state index in [2.05, 4.69) is 5.43 Å². The smallest absolute Gasteiger partial charge is 0.324 e. The number of nitrogens with one attached hydrogen (secondary N) is 1. The van der Waals surface area contributed by atoms with Crippen LogP contribution < -0.4 is 11.3 Å². The van der Waals surface area contributed by atoms with Gasteiger partial charge in [0.1, 0.15) is 0 Å². The van der Waals surface area contributed by atoms with Crippen LogP contribution in [0.5, 0.6) is 0 Å². The van der Waals surface area contributed by atoms with E-state index in [-0.39, 0.29) is 18.0 Å². The van der Waals surface area contributed by atoms with Gasteiger partial charge >= 0.3 is 6.18 Å². The third-order valence-electron chi connectivity index (χ3n) is 1.70. The second kappa shape index (κ2) is 4.52. The SMILES string of the molecule is Cc1cc(NN)ccc1C(F)(F)F.Cl. The molecule has 0 aliphatic rings. The van der Waals surface area contributed by atoms with Crippen LogP contribution in [0.25, 0.3) is 0 Å². The van der Waals surface area contributed by atoms with Crippen LogP contribution in [-0.4, -0.2) is 0 Å². The Bertz CT molecular complexity index is 312. The van der Waals surface area contributed by atoms with Crippen molar-refractivity contribution < 1.29 is 13.2 Å². The lowest BCUT2D eigenvalue weighted by atomic mass is 10.1. The summed E-state index contributed by atoms with van der Waals surface area (Å²) in [5.74, 6) is 5.05. The second-order valence-electron chi connectivity index (χ2n) is 2.67. The summed E-state index contributed by atoms with van der Waals surface area (Å²) in [4.78, 5) is 0. The number of aryl methyl sites for hydroxylation is 1. The maximum atomic E-state index is 12.2. The molecular weight excluding hydrogens is 217 g/mol. The van der Waals surface area contributed by atoms with Crippen LogP contribution in [0.3, 0.4) is 0 Å². The van der Waals surface area contributed by atoms with Gasteiger partial charge in [-0.1, -0.05) is 0 Å². The summed E-state index contributed by atoms with van der Waals surface area (Å²) in [7, 11) is 0. The molecule has 2 nitrogen and oxygen atoms in total. The van der Waals surface area contributed by atoms with E-state index < -0.39 is 11.7 Å². The van der Waals surface area contributed by atoms with E-state index in [0.717, 1.165) is 6.07 Å². The van der Waals surface area contributed by atoms with Gasteiger partial charge in [-0.15, -0.1) is 12.4 Å². The summed E-state index contributed by atoms with van der Waals surface area (Å²) >= 11 is 0. The van der Waals surface area contributed by atoms with Gasteiger partial charge in [0.2, 0.25) is 0 Å². The lowest BCUT2D eigenvalue weighted by molar-refractivity contribution is -0.138.